The SMILES string of the molecule is CCNC(CO)CN1CCN(c2cccc(C)c2)CC1. The molecule has 0 aliphatic carbocycles. The Bertz CT molecular complexity index is 402. The summed E-state index contributed by atoms with van der Waals surface area (Å²) >= 11 is 0. The van der Waals surface area contributed by atoms with Crippen LogP contribution in [0.4, 0.5) is 5.69 Å². The number of aliphatic hydroxyl groups excluding tert-OH is 1. The molecule has 1 atom stereocenters. The second-order valence-corrected chi connectivity index (χ2v) is 5.56. The molecule has 0 radical (unpaired) electrons. The molecule has 2 N–H and O–H groups in total. The van der Waals surface area contributed by atoms with Crippen LogP contribution in [0.5, 0.6) is 0 Å². The van der Waals surface area contributed by atoms with Gasteiger partial charge in [-0.15, -0.1) is 0 Å². The fraction of sp³-hybridized carbons (Fsp3) is 0.625. The van der Waals surface area contributed by atoms with Gasteiger partial charge in [0.2, 0.25) is 0 Å². The maximum atomic E-state index is 9.35. The maximum absolute atomic E-state index is 9.35. The molecule has 20 heavy (non-hydrogen) atoms. The van der Waals surface area contributed by atoms with Crippen LogP contribution in [-0.2, 0) is 0 Å². The summed E-state index contributed by atoms with van der Waals surface area (Å²) in [6, 6.07) is 8.92. The first-order chi connectivity index (χ1) is 9.72. The molecule has 0 spiro atoms. The lowest BCUT2D eigenvalue weighted by molar-refractivity contribution is 0.177. The van der Waals surface area contributed by atoms with E-state index in [1.807, 2.05) is 0 Å². The summed E-state index contributed by atoms with van der Waals surface area (Å²) < 4.78 is 0. The van der Waals surface area contributed by atoms with Crippen LogP contribution in [0.1, 0.15) is 12.5 Å². The van der Waals surface area contributed by atoms with E-state index in [1.165, 1.54) is 11.3 Å². The van der Waals surface area contributed by atoms with Crippen molar-refractivity contribution in [2.24, 2.45) is 0 Å². The van der Waals surface area contributed by atoms with Crippen LogP contribution in [0.15, 0.2) is 24.3 Å². The fourth-order valence-electron chi connectivity index (χ4n) is 2.80. The van der Waals surface area contributed by atoms with Gasteiger partial charge in [0.15, 0.2) is 0 Å². The number of hydrogen-bond acceptors (Lipinski definition) is 4. The molecular weight excluding hydrogens is 250 g/mol. The van der Waals surface area contributed by atoms with E-state index in [0.717, 1.165) is 39.3 Å². The summed E-state index contributed by atoms with van der Waals surface area (Å²) in [6.45, 7) is 10.5. The predicted molar refractivity (Wildman–Crippen MR) is 84.4 cm³/mol. The first kappa shape index (κ1) is 15.3. The van der Waals surface area contributed by atoms with E-state index in [4.69, 9.17) is 0 Å². The highest BCUT2D eigenvalue weighted by Crippen LogP contribution is 2.17. The third-order valence-corrected chi connectivity index (χ3v) is 3.93. The number of piperazine rings is 1. The molecule has 0 aromatic heterocycles. The smallest absolute Gasteiger partial charge is 0.0597 e. The zero-order valence-corrected chi connectivity index (χ0v) is 12.7. The number of nitrogens with one attached hydrogen (secondary N) is 1. The molecule has 2 rings (SSSR count). The minimum Gasteiger partial charge on any atom is -0.395 e. The lowest BCUT2D eigenvalue weighted by atomic mass is 10.2. The van der Waals surface area contributed by atoms with Gasteiger partial charge in [0.05, 0.1) is 6.61 Å². The maximum Gasteiger partial charge on any atom is 0.0597 e. The average Bonchev–Trinajstić information content (AvgIpc) is 2.47. The standard InChI is InChI=1S/C16H27N3O/c1-3-17-15(13-20)12-18-7-9-19(10-8-18)16-6-4-5-14(2)11-16/h4-6,11,15,17,20H,3,7-10,12-13H2,1-2H3. The molecule has 4 nitrogen and oxygen atoms in total. The van der Waals surface area contributed by atoms with Crippen LogP contribution in [0.3, 0.4) is 0 Å². The number of aryl methyl sites for hydroxylation is 1. The lowest BCUT2D eigenvalue weighted by Crippen LogP contribution is -2.51. The van der Waals surface area contributed by atoms with Gasteiger partial charge in [-0.25, -0.2) is 0 Å². The molecule has 4 heteroatoms. The summed E-state index contributed by atoms with van der Waals surface area (Å²) in [6.07, 6.45) is 0. The monoisotopic (exact) mass is 277 g/mol. The zero-order chi connectivity index (χ0) is 14.4. The molecule has 1 fully saturated rings. The third-order valence-electron chi connectivity index (χ3n) is 3.93. The lowest BCUT2D eigenvalue weighted by Gasteiger charge is -2.37. The van der Waals surface area contributed by atoms with Crippen molar-refractivity contribution in [3.05, 3.63) is 29.8 Å². The molecule has 0 saturated carbocycles. The van der Waals surface area contributed by atoms with Gasteiger partial charge in [0.1, 0.15) is 0 Å². The van der Waals surface area contributed by atoms with Gasteiger partial charge >= 0.3 is 0 Å². The van der Waals surface area contributed by atoms with Crippen LogP contribution in [0.2, 0.25) is 0 Å². The number of benzene rings is 1. The number of anilines is 1. The number of nitrogens with zero attached hydrogens (tertiary/aromatic N) is 2. The van der Waals surface area contributed by atoms with E-state index < -0.39 is 0 Å². The predicted octanol–water partition coefficient (Wildman–Crippen LogP) is 1.09. The number of likely N-dealkylation sites (N-methyl/N-ethyl adjacent to an activating group) is 1. The summed E-state index contributed by atoms with van der Waals surface area (Å²) in [5.74, 6) is 0. The Morgan fingerprint density at radius 3 is 2.60 bits per heavy atom. The summed E-state index contributed by atoms with van der Waals surface area (Å²) in [7, 11) is 0. The minimum absolute atomic E-state index is 0.200. The Morgan fingerprint density at radius 2 is 2.00 bits per heavy atom. The third kappa shape index (κ3) is 4.20. The molecule has 0 amide bonds. The van der Waals surface area contributed by atoms with Gasteiger partial charge in [-0.2, -0.15) is 0 Å². The Hall–Kier alpha value is -1.10. The average molecular weight is 277 g/mol. The van der Waals surface area contributed by atoms with Crippen molar-refractivity contribution >= 4 is 5.69 Å². The molecule has 112 valence electrons. The van der Waals surface area contributed by atoms with E-state index in [-0.39, 0.29) is 12.6 Å². The van der Waals surface area contributed by atoms with Gasteiger partial charge in [0, 0.05) is 44.5 Å². The van der Waals surface area contributed by atoms with Crippen molar-refractivity contribution in [2.75, 3.05) is 50.8 Å². The van der Waals surface area contributed by atoms with Crippen molar-refractivity contribution in [3.8, 4) is 0 Å². The van der Waals surface area contributed by atoms with E-state index in [2.05, 4.69) is 53.2 Å². The van der Waals surface area contributed by atoms with Crippen molar-refractivity contribution < 1.29 is 5.11 Å². The first-order valence-electron chi connectivity index (χ1n) is 7.61. The summed E-state index contributed by atoms with van der Waals surface area (Å²) in [5, 5.41) is 12.7. The Labute approximate surface area is 122 Å². The first-order valence-corrected chi connectivity index (χ1v) is 7.61. The van der Waals surface area contributed by atoms with Crippen LogP contribution in [0.25, 0.3) is 0 Å². The highest BCUT2D eigenvalue weighted by Gasteiger charge is 2.19. The van der Waals surface area contributed by atoms with Gasteiger partial charge in [-0.1, -0.05) is 19.1 Å². The van der Waals surface area contributed by atoms with E-state index in [1.54, 1.807) is 0 Å². The van der Waals surface area contributed by atoms with Crippen LogP contribution >= 0.6 is 0 Å². The van der Waals surface area contributed by atoms with Gasteiger partial charge in [0.25, 0.3) is 0 Å². The van der Waals surface area contributed by atoms with Crippen LogP contribution < -0.4 is 10.2 Å². The van der Waals surface area contributed by atoms with Crippen LogP contribution in [-0.4, -0.2) is 61.9 Å². The highest BCUT2D eigenvalue weighted by atomic mass is 16.3. The minimum atomic E-state index is 0.200. The van der Waals surface area contributed by atoms with Gasteiger partial charge < -0.3 is 15.3 Å². The molecule has 1 aliphatic heterocycles. The Kier molecular flexibility index (Phi) is 5.83. The second kappa shape index (κ2) is 7.62. The summed E-state index contributed by atoms with van der Waals surface area (Å²) in [4.78, 5) is 4.89. The van der Waals surface area contributed by atoms with Crippen LogP contribution in [0, 0.1) is 6.92 Å². The largest absolute Gasteiger partial charge is 0.395 e. The van der Waals surface area contributed by atoms with E-state index >= 15 is 0 Å². The zero-order valence-electron chi connectivity index (χ0n) is 12.7. The fourth-order valence-corrected chi connectivity index (χ4v) is 2.80. The van der Waals surface area contributed by atoms with Gasteiger partial charge in [-0.3, -0.25) is 4.90 Å². The molecule has 1 unspecified atom stereocenters. The number of hydrogen-bond donors (Lipinski definition) is 2. The quantitative estimate of drug-likeness (QED) is 0.816. The van der Waals surface area contributed by atoms with E-state index in [0.29, 0.717) is 0 Å². The van der Waals surface area contributed by atoms with Crippen molar-refractivity contribution in [2.45, 2.75) is 19.9 Å². The van der Waals surface area contributed by atoms with Gasteiger partial charge in [-0.05, 0) is 31.2 Å². The van der Waals surface area contributed by atoms with Crippen molar-refractivity contribution in [1.29, 1.82) is 0 Å². The molecular formula is C16H27N3O. The van der Waals surface area contributed by atoms with E-state index in [9.17, 15) is 5.11 Å². The summed E-state index contributed by atoms with van der Waals surface area (Å²) in [5.41, 5.74) is 2.65. The molecule has 0 bridgehead atoms. The molecule has 1 saturated heterocycles. The molecule has 1 aromatic carbocycles. The number of aliphatic hydroxyl groups is 1. The second-order valence-electron chi connectivity index (χ2n) is 5.56. The Morgan fingerprint density at radius 1 is 1.25 bits per heavy atom. The van der Waals surface area contributed by atoms with Crippen molar-refractivity contribution in [3.63, 3.8) is 0 Å². The topological polar surface area (TPSA) is 38.7 Å². The highest BCUT2D eigenvalue weighted by molar-refractivity contribution is 5.48. The molecule has 1 aliphatic rings. The molecule has 1 heterocycles. The Balaban J connectivity index is 1.83. The molecule has 1 aromatic rings. The normalized spacial score (nSPS) is 18.2. The number of rotatable bonds is 6. The van der Waals surface area contributed by atoms with Crippen molar-refractivity contribution in [1.82, 2.24) is 10.2 Å².